The van der Waals surface area contributed by atoms with E-state index in [0.717, 1.165) is 5.56 Å². The van der Waals surface area contributed by atoms with Crippen molar-refractivity contribution >= 4 is 11.5 Å². The summed E-state index contributed by atoms with van der Waals surface area (Å²) in [5, 5.41) is 0. The SMILES string of the molecule is C#CCCC(=O)c1cc(C)ccc1N. The fraction of sp³-hybridized carbons (Fsp3) is 0.250. The van der Waals surface area contributed by atoms with Crippen LogP contribution >= 0.6 is 0 Å². The lowest BCUT2D eigenvalue weighted by atomic mass is 10.0. The summed E-state index contributed by atoms with van der Waals surface area (Å²) in [7, 11) is 0. The summed E-state index contributed by atoms with van der Waals surface area (Å²) in [5.74, 6) is 2.46. The Balaban J connectivity index is 2.90. The largest absolute Gasteiger partial charge is 0.398 e. The van der Waals surface area contributed by atoms with Crippen LogP contribution in [0.1, 0.15) is 28.8 Å². The fourth-order valence-corrected chi connectivity index (χ4v) is 1.23. The van der Waals surface area contributed by atoms with Gasteiger partial charge in [-0.2, -0.15) is 0 Å². The van der Waals surface area contributed by atoms with Crippen molar-refractivity contribution in [2.75, 3.05) is 5.73 Å². The second kappa shape index (κ2) is 4.48. The molecule has 0 radical (unpaired) electrons. The maximum Gasteiger partial charge on any atom is 0.165 e. The topological polar surface area (TPSA) is 43.1 Å². The van der Waals surface area contributed by atoms with Crippen LogP contribution in [0.5, 0.6) is 0 Å². The third kappa shape index (κ3) is 2.37. The van der Waals surface area contributed by atoms with Crippen LogP contribution in [0.3, 0.4) is 0 Å². The zero-order valence-electron chi connectivity index (χ0n) is 8.21. The minimum atomic E-state index is 0.0177. The van der Waals surface area contributed by atoms with Crippen LogP contribution in [0.25, 0.3) is 0 Å². The van der Waals surface area contributed by atoms with Crippen molar-refractivity contribution in [3.05, 3.63) is 29.3 Å². The minimum absolute atomic E-state index is 0.0177. The Morgan fingerprint density at radius 2 is 2.29 bits per heavy atom. The standard InChI is InChI=1S/C12H13NO/c1-3-4-5-12(14)10-8-9(2)6-7-11(10)13/h1,6-8H,4-5,13H2,2H3. The zero-order chi connectivity index (χ0) is 10.6. The van der Waals surface area contributed by atoms with Gasteiger partial charge in [-0.15, -0.1) is 12.3 Å². The van der Waals surface area contributed by atoms with E-state index in [0.29, 0.717) is 24.1 Å². The highest BCUT2D eigenvalue weighted by atomic mass is 16.1. The Morgan fingerprint density at radius 3 is 2.93 bits per heavy atom. The Labute approximate surface area is 84.1 Å². The van der Waals surface area contributed by atoms with Gasteiger partial charge in [0.2, 0.25) is 0 Å². The molecule has 1 aromatic rings. The van der Waals surface area contributed by atoms with Crippen molar-refractivity contribution in [3.63, 3.8) is 0 Å². The van der Waals surface area contributed by atoms with E-state index in [2.05, 4.69) is 5.92 Å². The number of hydrogen-bond acceptors (Lipinski definition) is 2. The Morgan fingerprint density at radius 1 is 1.57 bits per heavy atom. The van der Waals surface area contributed by atoms with E-state index in [1.165, 1.54) is 0 Å². The molecule has 0 atom stereocenters. The molecule has 14 heavy (non-hydrogen) atoms. The van der Waals surface area contributed by atoms with Gasteiger partial charge in [-0.1, -0.05) is 11.6 Å². The highest BCUT2D eigenvalue weighted by Gasteiger charge is 2.08. The quantitative estimate of drug-likeness (QED) is 0.447. The average Bonchev–Trinajstić information content (AvgIpc) is 2.18. The summed E-state index contributed by atoms with van der Waals surface area (Å²) in [6.07, 6.45) is 5.92. The number of nitrogen functional groups attached to an aromatic ring is 1. The van der Waals surface area contributed by atoms with E-state index in [1.54, 1.807) is 12.1 Å². The molecule has 0 spiro atoms. The highest BCUT2D eigenvalue weighted by molar-refractivity contribution is 6.00. The number of Topliss-reactive ketones (excluding diaryl/α,β-unsaturated/α-hetero) is 1. The number of anilines is 1. The molecule has 2 N–H and O–H groups in total. The molecule has 72 valence electrons. The molecule has 0 bridgehead atoms. The summed E-state index contributed by atoms with van der Waals surface area (Å²) in [5.41, 5.74) is 7.83. The first-order chi connectivity index (χ1) is 6.65. The number of carbonyl (C=O) groups is 1. The molecule has 0 fully saturated rings. The van der Waals surface area contributed by atoms with Crippen LogP contribution in [0, 0.1) is 19.3 Å². The van der Waals surface area contributed by atoms with Crippen molar-refractivity contribution in [2.24, 2.45) is 0 Å². The molecule has 2 nitrogen and oxygen atoms in total. The summed E-state index contributed by atoms with van der Waals surface area (Å²) < 4.78 is 0. The summed E-state index contributed by atoms with van der Waals surface area (Å²) >= 11 is 0. The molecule has 1 rings (SSSR count). The maximum atomic E-state index is 11.6. The van der Waals surface area contributed by atoms with E-state index < -0.39 is 0 Å². The molecule has 0 saturated carbocycles. The average molecular weight is 187 g/mol. The highest BCUT2D eigenvalue weighted by Crippen LogP contribution is 2.16. The molecule has 0 saturated heterocycles. The lowest BCUT2D eigenvalue weighted by Gasteiger charge is -2.04. The van der Waals surface area contributed by atoms with E-state index in [1.807, 2.05) is 13.0 Å². The second-order valence-corrected chi connectivity index (χ2v) is 3.22. The van der Waals surface area contributed by atoms with Gasteiger partial charge in [-0.05, 0) is 19.1 Å². The number of hydrogen-bond donors (Lipinski definition) is 1. The molecule has 2 heteroatoms. The lowest BCUT2D eigenvalue weighted by molar-refractivity contribution is 0.0985. The van der Waals surface area contributed by atoms with Gasteiger partial charge in [0, 0.05) is 24.1 Å². The maximum absolute atomic E-state index is 11.6. The van der Waals surface area contributed by atoms with E-state index in [-0.39, 0.29) is 5.78 Å². The minimum Gasteiger partial charge on any atom is -0.398 e. The molecule has 1 aromatic carbocycles. The molecule has 0 unspecified atom stereocenters. The predicted octanol–water partition coefficient (Wildman–Crippen LogP) is 2.17. The van der Waals surface area contributed by atoms with Gasteiger partial charge in [0.05, 0.1) is 0 Å². The third-order valence-electron chi connectivity index (χ3n) is 2.01. The number of rotatable bonds is 3. The molecule has 0 aromatic heterocycles. The monoisotopic (exact) mass is 187 g/mol. The molecular weight excluding hydrogens is 174 g/mol. The molecule has 0 aliphatic rings. The zero-order valence-corrected chi connectivity index (χ0v) is 8.21. The predicted molar refractivity (Wildman–Crippen MR) is 58.0 cm³/mol. The van der Waals surface area contributed by atoms with E-state index in [4.69, 9.17) is 12.2 Å². The molecule has 0 heterocycles. The summed E-state index contributed by atoms with van der Waals surface area (Å²) in [6.45, 7) is 1.93. The van der Waals surface area contributed by atoms with E-state index >= 15 is 0 Å². The van der Waals surface area contributed by atoms with Gasteiger partial charge in [-0.3, -0.25) is 4.79 Å². The van der Waals surface area contributed by atoms with Gasteiger partial charge >= 0.3 is 0 Å². The van der Waals surface area contributed by atoms with Crippen molar-refractivity contribution < 1.29 is 4.79 Å². The van der Waals surface area contributed by atoms with Gasteiger partial charge in [0.1, 0.15) is 0 Å². The van der Waals surface area contributed by atoms with Gasteiger partial charge in [-0.25, -0.2) is 0 Å². The van der Waals surface area contributed by atoms with Gasteiger partial charge in [0.15, 0.2) is 5.78 Å². The molecule has 0 aliphatic carbocycles. The van der Waals surface area contributed by atoms with Crippen molar-refractivity contribution in [3.8, 4) is 12.3 Å². The number of ketones is 1. The normalized spacial score (nSPS) is 9.43. The number of terminal acetylenes is 1. The van der Waals surface area contributed by atoms with Crippen LogP contribution in [0.2, 0.25) is 0 Å². The smallest absolute Gasteiger partial charge is 0.165 e. The van der Waals surface area contributed by atoms with Crippen LogP contribution in [0.4, 0.5) is 5.69 Å². The van der Waals surface area contributed by atoms with Crippen LogP contribution in [-0.4, -0.2) is 5.78 Å². The van der Waals surface area contributed by atoms with E-state index in [9.17, 15) is 4.79 Å². The third-order valence-corrected chi connectivity index (χ3v) is 2.01. The first-order valence-corrected chi connectivity index (χ1v) is 4.48. The summed E-state index contributed by atoms with van der Waals surface area (Å²) in [4.78, 5) is 11.6. The number of carbonyl (C=O) groups excluding carboxylic acids is 1. The first-order valence-electron chi connectivity index (χ1n) is 4.48. The lowest BCUT2D eigenvalue weighted by Crippen LogP contribution is -2.03. The molecule has 0 aliphatic heterocycles. The Bertz CT molecular complexity index is 388. The number of aryl methyl sites for hydroxylation is 1. The van der Waals surface area contributed by atoms with Crippen LogP contribution in [0.15, 0.2) is 18.2 Å². The number of nitrogens with two attached hydrogens (primary N) is 1. The van der Waals surface area contributed by atoms with Crippen LogP contribution < -0.4 is 5.73 Å². The van der Waals surface area contributed by atoms with Gasteiger partial charge < -0.3 is 5.73 Å². The Kier molecular flexibility index (Phi) is 3.30. The molecule has 0 amide bonds. The van der Waals surface area contributed by atoms with Crippen molar-refractivity contribution in [1.29, 1.82) is 0 Å². The van der Waals surface area contributed by atoms with Crippen LogP contribution in [-0.2, 0) is 0 Å². The molecular formula is C12H13NO. The first kappa shape index (κ1) is 10.3. The number of benzene rings is 1. The summed E-state index contributed by atoms with van der Waals surface area (Å²) in [6, 6.07) is 5.43. The van der Waals surface area contributed by atoms with Crippen molar-refractivity contribution in [1.82, 2.24) is 0 Å². The fourth-order valence-electron chi connectivity index (χ4n) is 1.23. The second-order valence-electron chi connectivity index (χ2n) is 3.22. The van der Waals surface area contributed by atoms with Gasteiger partial charge in [0.25, 0.3) is 0 Å². The van der Waals surface area contributed by atoms with Crippen molar-refractivity contribution in [2.45, 2.75) is 19.8 Å². The Hall–Kier alpha value is -1.75.